The molecule has 0 aromatic carbocycles. The summed E-state index contributed by atoms with van der Waals surface area (Å²) in [6.45, 7) is 22.2. The predicted octanol–water partition coefficient (Wildman–Crippen LogP) is 8.70. The zero-order valence-corrected chi connectivity index (χ0v) is 44.3. The van der Waals surface area contributed by atoms with Gasteiger partial charge in [-0.2, -0.15) is 26.3 Å². The van der Waals surface area contributed by atoms with Crippen molar-refractivity contribution >= 4 is 46.7 Å². The third-order valence-electron chi connectivity index (χ3n) is 10.7. The van der Waals surface area contributed by atoms with Crippen molar-refractivity contribution in [3.8, 4) is 0 Å². The highest BCUT2D eigenvalue weighted by Crippen LogP contribution is 2.31. The topological polar surface area (TPSA) is 261 Å². The molecule has 0 spiro atoms. The lowest BCUT2D eigenvalue weighted by atomic mass is 9.88. The number of aliphatic carboxylic acids is 1. The van der Waals surface area contributed by atoms with Gasteiger partial charge in [0.2, 0.25) is 5.24 Å². The molecule has 23 heteroatoms. The number of unbranched alkanes of at least 4 members (excludes halogenated alkanes) is 4. The Labute approximate surface area is 426 Å². The van der Waals surface area contributed by atoms with Crippen molar-refractivity contribution < 1.29 is 105 Å². The van der Waals surface area contributed by atoms with Gasteiger partial charge in [-0.3, -0.25) is 4.79 Å². The molecule has 0 unspecified atom stereocenters. The van der Waals surface area contributed by atoms with E-state index in [1.807, 2.05) is 20.8 Å². The van der Waals surface area contributed by atoms with E-state index in [9.17, 15) is 55.1 Å². The number of esters is 4. The molecular formula is C49H83ClF6O16. The molecule has 0 aliphatic rings. The van der Waals surface area contributed by atoms with E-state index in [2.05, 4.69) is 19.7 Å². The van der Waals surface area contributed by atoms with Crippen molar-refractivity contribution in [1.82, 2.24) is 0 Å². The molecule has 0 saturated heterocycles. The number of carboxylic acids is 1. The minimum atomic E-state index is -3.73. The number of carboxylic acid groups (broad SMARTS) is 1. The van der Waals surface area contributed by atoms with Gasteiger partial charge in [0.15, 0.2) is 0 Å². The van der Waals surface area contributed by atoms with E-state index >= 15 is 0 Å². The standard InChI is InChI=1S/C22H34F4O6.C10H18O4.C7H12F2O2.C6H14O3.C4H5ClO/c1-6-9-11-21(23,24)18(28)31-14-20(8-3,13-30-17(27)16(4)5)15-32-19(29)22(25,26)12-10-7-2;1-4-10(5-11,6-12)7-14-9(13)8(2)3;1-2-3-4-5-7(8,9)6(10)11;1-2-6(3-7,4-8)5-9;1-3(2)4(5)6/h4,6-15H2,1-3,5H3;11-12H,2,4-7H2,1,3H3;2-5H2,1H3,(H,10,11);7-9H,2-5H2,1H3;1H2,2H3. The molecular weight excluding hydrogens is 994 g/mol. The van der Waals surface area contributed by atoms with Crippen LogP contribution in [0.4, 0.5) is 26.3 Å². The second-order valence-electron chi connectivity index (χ2n) is 17.4. The fourth-order valence-electron chi connectivity index (χ4n) is 4.42. The summed E-state index contributed by atoms with van der Waals surface area (Å²) < 4.78 is 99.7. The lowest BCUT2D eigenvalue weighted by Gasteiger charge is -2.32. The molecule has 0 rings (SSSR count). The van der Waals surface area contributed by atoms with Crippen molar-refractivity contribution in [2.45, 2.75) is 164 Å². The summed E-state index contributed by atoms with van der Waals surface area (Å²) in [5.74, 6) is -17.9. The molecule has 0 aliphatic heterocycles. The van der Waals surface area contributed by atoms with Crippen LogP contribution in [-0.4, -0.2) is 143 Å². The maximum atomic E-state index is 13.9. The largest absolute Gasteiger partial charge is 0.477 e. The Kier molecular flexibility index (Phi) is 43.0. The van der Waals surface area contributed by atoms with Crippen LogP contribution in [-0.2, 0) is 47.7 Å². The third-order valence-corrected chi connectivity index (χ3v) is 11.0. The van der Waals surface area contributed by atoms with Crippen LogP contribution in [0.15, 0.2) is 36.5 Å². The molecule has 0 amide bonds. The zero-order valence-electron chi connectivity index (χ0n) is 43.6. The van der Waals surface area contributed by atoms with E-state index < -0.39 is 108 Å². The predicted molar refractivity (Wildman–Crippen MR) is 258 cm³/mol. The number of hydrogen-bond donors (Lipinski definition) is 6. The summed E-state index contributed by atoms with van der Waals surface area (Å²) in [5, 5.41) is 51.6. The number of rotatable bonds is 32. The van der Waals surface area contributed by atoms with Gasteiger partial charge >= 0.3 is 47.6 Å². The van der Waals surface area contributed by atoms with E-state index in [0.717, 1.165) is 6.42 Å². The van der Waals surface area contributed by atoms with Crippen LogP contribution in [0, 0.1) is 16.2 Å². The molecule has 0 heterocycles. The SMILES string of the molecule is C=C(C)C(=O)Cl.C=C(C)C(=O)OCC(CC)(CO)CO.C=C(C)C(=O)OCC(CC)(COC(=O)C(F)(F)CCCC)COC(=O)C(F)(F)CCCC.CCC(CO)(CO)CO.CCCCCC(F)(F)C(=O)O. The zero-order chi connectivity index (χ0) is 57.6. The molecule has 0 fully saturated rings. The first kappa shape index (κ1) is 76.8. The number of hydrogen-bond acceptors (Lipinski definition) is 15. The summed E-state index contributed by atoms with van der Waals surface area (Å²) in [7, 11) is 0. The van der Waals surface area contributed by atoms with Gasteiger partial charge in [0.1, 0.15) is 26.4 Å². The average molecular weight is 1080 g/mol. The van der Waals surface area contributed by atoms with Crippen LogP contribution in [0.5, 0.6) is 0 Å². The molecule has 72 heavy (non-hydrogen) atoms. The number of allylic oxidation sites excluding steroid dienone is 1. The Hall–Kier alpha value is -4.09. The van der Waals surface area contributed by atoms with E-state index in [-0.39, 0.29) is 70.9 Å². The van der Waals surface area contributed by atoms with Gasteiger partial charge in [0.05, 0.1) is 43.9 Å². The Balaban J connectivity index is -0.000000305. The van der Waals surface area contributed by atoms with Crippen LogP contribution in [0.1, 0.15) is 146 Å². The first-order chi connectivity index (χ1) is 33.2. The van der Waals surface area contributed by atoms with Crippen LogP contribution in [0.25, 0.3) is 0 Å². The molecule has 0 aromatic heterocycles. The van der Waals surface area contributed by atoms with Gasteiger partial charge in [0, 0.05) is 41.4 Å². The van der Waals surface area contributed by atoms with Crippen molar-refractivity contribution in [2.75, 3.05) is 59.5 Å². The van der Waals surface area contributed by atoms with Crippen molar-refractivity contribution in [1.29, 1.82) is 0 Å². The molecule has 0 aromatic rings. The third kappa shape index (κ3) is 34.4. The van der Waals surface area contributed by atoms with Crippen LogP contribution in [0.3, 0.4) is 0 Å². The fraction of sp³-hybridized carbons (Fsp3) is 0.755. The van der Waals surface area contributed by atoms with Crippen LogP contribution < -0.4 is 0 Å². The first-order valence-corrected chi connectivity index (χ1v) is 23.8. The number of ether oxygens (including phenoxy) is 4. The van der Waals surface area contributed by atoms with E-state index in [0.29, 0.717) is 43.3 Å². The second-order valence-corrected chi connectivity index (χ2v) is 17.7. The Morgan fingerprint density at radius 1 is 0.444 bits per heavy atom. The van der Waals surface area contributed by atoms with Crippen molar-refractivity contribution in [2.24, 2.45) is 16.2 Å². The number of carbonyl (C=O) groups excluding carboxylic acids is 5. The molecule has 0 aliphatic carbocycles. The summed E-state index contributed by atoms with van der Waals surface area (Å²) in [4.78, 5) is 66.2. The number of carbonyl (C=O) groups is 6. The lowest BCUT2D eigenvalue weighted by molar-refractivity contribution is -0.187. The number of aliphatic hydroxyl groups excluding tert-OH is 5. The average Bonchev–Trinajstić information content (AvgIpc) is 3.34. The summed E-state index contributed by atoms with van der Waals surface area (Å²) in [6, 6.07) is 0. The summed E-state index contributed by atoms with van der Waals surface area (Å²) in [5.41, 5.74) is -2.15. The highest BCUT2D eigenvalue weighted by molar-refractivity contribution is 6.67. The number of alkyl halides is 6. The Morgan fingerprint density at radius 2 is 0.722 bits per heavy atom. The normalized spacial score (nSPS) is 11.5. The highest BCUT2D eigenvalue weighted by Gasteiger charge is 2.45. The van der Waals surface area contributed by atoms with Crippen LogP contribution >= 0.6 is 11.6 Å². The van der Waals surface area contributed by atoms with Gasteiger partial charge in [-0.1, -0.05) is 87.0 Å². The van der Waals surface area contributed by atoms with Crippen molar-refractivity contribution in [3.63, 3.8) is 0 Å². The van der Waals surface area contributed by atoms with Gasteiger partial charge in [0.25, 0.3) is 0 Å². The maximum Gasteiger partial charge on any atom is 0.376 e. The number of halogens is 7. The minimum absolute atomic E-state index is 0.0120. The quantitative estimate of drug-likeness (QED) is 0.00919. The van der Waals surface area contributed by atoms with Crippen LogP contribution in [0.2, 0.25) is 0 Å². The fourth-order valence-corrected chi connectivity index (χ4v) is 4.42. The molecule has 0 saturated carbocycles. The highest BCUT2D eigenvalue weighted by atomic mass is 35.5. The smallest absolute Gasteiger partial charge is 0.376 e. The summed E-state index contributed by atoms with van der Waals surface area (Å²) in [6.07, 6.45) is 2.03. The minimum Gasteiger partial charge on any atom is -0.477 e. The van der Waals surface area contributed by atoms with E-state index in [1.54, 1.807) is 27.7 Å². The number of aliphatic hydroxyl groups is 5. The van der Waals surface area contributed by atoms with E-state index in [1.165, 1.54) is 13.8 Å². The van der Waals surface area contributed by atoms with Gasteiger partial charge < -0.3 is 49.6 Å². The molecule has 6 N–H and O–H groups in total. The van der Waals surface area contributed by atoms with Gasteiger partial charge in [-0.05, 0) is 70.9 Å². The second kappa shape index (κ2) is 40.3. The lowest BCUT2D eigenvalue weighted by Crippen LogP contribution is -2.43. The molecule has 424 valence electrons. The van der Waals surface area contributed by atoms with Crippen molar-refractivity contribution in [3.05, 3.63) is 36.5 Å². The summed E-state index contributed by atoms with van der Waals surface area (Å²) >= 11 is 4.87. The first-order valence-electron chi connectivity index (χ1n) is 23.4. The monoisotopic (exact) mass is 1080 g/mol. The van der Waals surface area contributed by atoms with Gasteiger partial charge in [-0.25, -0.2) is 24.0 Å². The Bertz CT molecular complexity index is 1540. The molecule has 0 bridgehead atoms. The molecule has 0 radical (unpaired) electrons. The molecule has 0 atom stereocenters. The Morgan fingerprint density at radius 3 is 0.944 bits per heavy atom. The molecule has 16 nitrogen and oxygen atoms in total. The van der Waals surface area contributed by atoms with E-state index in [4.69, 9.17) is 61.2 Å². The maximum absolute atomic E-state index is 13.9. The van der Waals surface area contributed by atoms with Gasteiger partial charge in [-0.15, -0.1) is 0 Å².